The minimum Gasteiger partial charge on any atom is -0.478 e. The number of amides is 1. The average molecular weight is 951 g/mol. The van der Waals surface area contributed by atoms with Gasteiger partial charge in [0.15, 0.2) is 11.6 Å². The summed E-state index contributed by atoms with van der Waals surface area (Å²) in [6.45, 7) is -0.563. The molecule has 0 radical (unpaired) electrons. The van der Waals surface area contributed by atoms with Gasteiger partial charge in [-0.15, -0.1) is 22.6 Å². The van der Waals surface area contributed by atoms with Crippen LogP contribution in [0.5, 0.6) is 0 Å². The Morgan fingerprint density at radius 2 is 1.03 bits per heavy atom. The van der Waals surface area contributed by atoms with Gasteiger partial charge in [0.2, 0.25) is 5.91 Å². The molecule has 4 aromatic rings. The van der Waals surface area contributed by atoms with E-state index in [-0.39, 0.29) is 51.5 Å². The van der Waals surface area contributed by atoms with E-state index in [0.717, 1.165) is 45.4 Å². The van der Waals surface area contributed by atoms with Crippen LogP contribution in [0.2, 0.25) is 0 Å². The first kappa shape index (κ1) is 53.4. The van der Waals surface area contributed by atoms with Crippen molar-refractivity contribution in [2.45, 2.75) is 56.8 Å². The molecule has 0 bridgehead atoms. The predicted octanol–water partition coefficient (Wildman–Crippen LogP) is 9.53. The number of carboxylic acid groups (broad SMARTS) is 1. The second-order valence-electron chi connectivity index (χ2n) is 12.8. The zero-order valence-corrected chi connectivity index (χ0v) is 31.3. The van der Waals surface area contributed by atoms with Crippen molar-refractivity contribution in [3.63, 3.8) is 0 Å². The lowest BCUT2D eigenvalue weighted by Crippen LogP contribution is -2.29. The van der Waals surface area contributed by atoms with Crippen LogP contribution in [-0.2, 0) is 34.3 Å². The van der Waals surface area contributed by atoms with E-state index in [2.05, 4.69) is 25.5 Å². The second kappa shape index (κ2) is 20.2. The van der Waals surface area contributed by atoms with Gasteiger partial charge in [-0.25, -0.2) is 41.7 Å². The predicted molar refractivity (Wildman–Crippen MR) is 192 cm³/mol. The van der Waals surface area contributed by atoms with Crippen molar-refractivity contribution in [3.05, 3.63) is 83.5 Å². The Morgan fingerprint density at radius 1 is 0.635 bits per heavy atom. The molecule has 0 saturated carbocycles. The number of carbonyl (C=O) groups is 2. The van der Waals surface area contributed by atoms with E-state index in [1.807, 2.05) is 0 Å². The van der Waals surface area contributed by atoms with Gasteiger partial charge in [0, 0.05) is 61.6 Å². The number of halogens is 17. The summed E-state index contributed by atoms with van der Waals surface area (Å²) >= 11 is 0. The molecule has 11 nitrogen and oxygen atoms in total. The molecule has 2 aliphatic rings. The molecule has 2 aliphatic heterocycles. The molecule has 0 atom stereocenters. The van der Waals surface area contributed by atoms with Crippen LogP contribution in [-0.4, -0.2) is 89.4 Å². The van der Waals surface area contributed by atoms with Gasteiger partial charge in [0.05, 0.1) is 35.3 Å². The highest BCUT2D eigenvalue weighted by atomic mass is 35.5. The minimum atomic E-state index is -5.03. The van der Waals surface area contributed by atoms with E-state index < -0.39 is 106 Å². The van der Waals surface area contributed by atoms with Crippen molar-refractivity contribution in [1.82, 2.24) is 39.7 Å². The van der Waals surface area contributed by atoms with E-state index in [1.54, 1.807) is 0 Å². The van der Waals surface area contributed by atoms with Crippen molar-refractivity contribution < 1.29 is 84.9 Å². The van der Waals surface area contributed by atoms with Gasteiger partial charge in [-0.1, -0.05) is 7.43 Å². The fraction of sp³-hybridized carbons (Fsp3) is 0.371. The highest BCUT2D eigenvalue weighted by Crippen LogP contribution is 2.39. The molecular weight excluding hydrogens is 920 g/mol. The first-order valence-corrected chi connectivity index (χ1v) is 16.7. The molecule has 1 amide bonds. The Kier molecular flexibility index (Phi) is 17.1. The van der Waals surface area contributed by atoms with Gasteiger partial charge >= 0.3 is 30.7 Å². The van der Waals surface area contributed by atoms with Crippen LogP contribution in [0.3, 0.4) is 0 Å². The zero-order valence-electron chi connectivity index (χ0n) is 30.5. The van der Waals surface area contributed by atoms with E-state index in [0.29, 0.717) is 36.9 Å². The molecule has 2 saturated heterocycles. The maximum Gasteiger partial charge on any atom is 0.416 e. The summed E-state index contributed by atoms with van der Waals surface area (Å²) in [5.74, 6) is -8.32. The molecule has 28 heteroatoms. The normalized spacial score (nSPS) is 16.2. The monoisotopic (exact) mass is 950 g/mol. The third-order valence-electron chi connectivity index (χ3n) is 7.98. The molecule has 4 heterocycles. The third kappa shape index (κ3) is 15.8. The topological polar surface area (TPSA) is 131 Å². The Balaban J connectivity index is 0.000000370. The lowest BCUT2D eigenvalue weighted by Gasteiger charge is -2.13. The molecule has 63 heavy (non-hydrogen) atoms. The number of aliphatic carboxylic acids is 1. The molecule has 0 unspecified atom stereocenters. The van der Waals surface area contributed by atoms with Crippen molar-refractivity contribution >= 4 is 36.7 Å². The maximum absolute atomic E-state index is 13.1. The van der Waals surface area contributed by atoms with Crippen LogP contribution in [0, 0.1) is 0 Å². The van der Waals surface area contributed by atoms with Crippen LogP contribution in [0.25, 0.3) is 35.2 Å². The molecule has 2 aromatic heterocycles. The fourth-order valence-electron chi connectivity index (χ4n) is 5.07. The first-order chi connectivity index (χ1) is 27.9. The number of nitrogens with one attached hydrogen (secondary N) is 1. The van der Waals surface area contributed by atoms with E-state index in [9.17, 15) is 79.8 Å². The van der Waals surface area contributed by atoms with Crippen LogP contribution >= 0.6 is 12.4 Å². The van der Waals surface area contributed by atoms with E-state index in [1.165, 1.54) is 0 Å². The molecule has 2 fully saturated rings. The SMILES string of the molecule is C.Cl.FC1(F)CCNC1.O=C(/C=C\n1cnc(-c2cc(C(F)(F)F)cc(C(F)(F)F)c2)n1)N1CCC(F)(F)C1.O=C(O)/C=C\n1cnc(-c2cc(C(F)(F)F)cc(C(F)(F)F)c2)n1. The fourth-order valence-corrected chi connectivity index (χ4v) is 5.07. The number of carbonyl (C=O) groups excluding carboxylic acids is 1. The molecular formula is C35H31ClF16N8O3. The van der Waals surface area contributed by atoms with Crippen LogP contribution in [0.4, 0.5) is 70.2 Å². The molecule has 2 aromatic carbocycles. The number of rotatable bonds is 6. The van der Waals surface area contributed by atoms with Gasteiger partial charge in [-0.05, 0) is 36.4 Å². The number of hydrogen-bond acceptors (Lipinski definition) is 7. The summed E-state index contributed by atoms with van der Waals surface area (Å²) < 4.78 is 206. The number of aromatic nitrogens is 6. The number of benzene rings is 2. The Bertz CT molecular complexity index is 2170. The van der Waals surface area contributed by atoms with Crippen molar-refractivity contribution in [2.75, 3.05) is 26.2 Å². The first-order valence-electron chi connectivity index (χ1n) is 16.7. The number of hydrogen-bond donors (Lipinski definition) is 2. The summed E-state index contributed by atoms with van der Waals surface area (Å²) in [6, 6.07) is 1.87. The summed E-state index contributed by atoms with van der Waals surface area (Å²) in [4.78, 5) is 30.4. The minimum absolute atomic E-state index is 0. The molecule has 348 valence electrons. The van der Waals surface area contributed by atoms with Gasteiger partial charge in [-0.2, -0.15) is 52.7 Å². The Labute approximate surface area is 350 Å². The quantitative estimate of drug-likeness (QED) is 0.145. The second-order valence-corrected chi connectivity index (χ2v) is 12.8. The largest absolute Gasteiger partial charge is 0.478 e. The number of likely N-dealkylation sites (tertiary alicyclic amines) is 1. The lowest BCUT2D eigenvalue weighted by molar-refractivity contribution is -0.144. The molecule has 0 aliphatic carbocycles. The van der Waals surface area contributed by atoms with Crippen molar-refractivity contribution in [3.8, 4) is 22.8 Å². The summed E-state index contributed by atoms with van der Waals surface area (Å²) in [5, 5.41) is 18.4. The van der Waals surface area contributed by atoms with Crippen LogP contribution < -0.4 is 5.32 Å². The number of alkyl halides is 16. The van der Waals surface area contributed by atoms with E-state index >= 15 is 0 Å². The van der Waals surface area contributed by atoms with Gasteiger partial charge in [0.1, 0.15) is 12.7 Å². The van der Waals surface area contributed by atoms with Crippen molar-refractivity contribution in [1.29, 1.82) is 0 Å². The molecule has 6 rings (SSSR count). The number of nitrogens with zero attached hydrogens (tertiary/aromatic N) is 7. The standard InChI is InChI=1S/C17H12F8N4O.C13H7F6N3O2.C4H7F2N.CH4.ClH/c18-15(19)2-4-28(8-15)13(30)1-3-29-9-26-14(27-29)10-5-11(16(20,21)22)7-12(6-10)17(23,24)25;14-12(15,16)8-3-7(4-9(5-8)13(17,18)19)11-20-6-22(21-11)2-1-10(23)24;5-4(6)1-2-7-3-4;;/h1,3,5-7,9H,2,4,8H2;1-6H,(H,23,24);7H,1-3H2;1H4;1H/b3-1-;2-1-;;;. The zero-order chi connectivity index (χ0) is 45.8. The van der Waals surface area contributed by atoms with E-state index in [4.69, 9.17) is 5.11 Å². The molecule has 0 spiro atoms. The lowest BCUT2D eigenvalue weighted by atomic mass is 10.0. The van der Waals surface area contributed by atoms with Gasteiger partial charge < -0.3 is 15.3 Å². The summed E-state index contributed by atoms with van der Waals surface area (Å²) in [7, 11) is 0. The summed E-state index contributed by atoms with van der Waals surface area (Å²) in [6.07, 6.45) is -15.1. The average Bonchev–Trinajstić information content (AvgIpc) is 3.96. The third-order valence-corrected chi connectivity index (χ3v) is 7.98. The summed E-state index contributed by atoms with van der Waals surface area (Å²) in [5.41, 5.74) is -7.07. The van der Waals surface area contributed by atoms with Crippen LogP contribution in [0.1, 0.15) is 42.5 Å². The molecule has 2 N–H and O–H groups in total. The number of carboxylic acids is 1. The van der Waals surface area contributed by atoms with Gasteiger partial charge in [0.25, 0.3) is 11.8 Å². The van der Waals surface area contributed by atoms with Gasteiger partial charge in [-0.3, -0.25) is 4.79 Å². The highest BCUT2D eigenvalue weighted by Gasteiger charge is 2.41. The Hall–Kier alpha value is -5.73. The maximum atomic E-state index is 13.1. The smallest absolute Gasteiger partial charge is 0.416 e. The highest BCUT2D eigenvalue weighted by molar-refractivity contribution is 5.90. The van der Waals surface area contributed by atoms with Crippen molar-refractivity contribution in [2.24, 2.45) is 0 Å². The Morgan fingerprint density at radius 3 is 1.32 bits per heavy atom. The van der Waals surface area contributed by atoms with Crippen LogP contribution in [0.15, 0.2) is 61.2 Å².